The summed E-state index contributed by atoms with van der Waals surface area (Å²) < 4.78 is 0. The average molecular weight is 268 g/mol. The molecule has 0 N–H and O–H groups in total. The number of hydrogen-bond donors (Lipinski definition) is 0. The molecule has 0 fully saturated rings. The molecule has 2 rings (SSSR count). The summed E-state index contributed by atoms with van der Waals surface area (Å²) in [7, 11) is 4.14. The van der Waals surface area contributed by atoms with Crippen LogP contribution in [0.25, 0.3) is 0 Å². The molecular formula is C18H24N2. The van der Waals surface area contributed by atoms with Crippen molar-refractivity contribution in [1.82, 2.24) is 0 Å². The first-order valence-electron chi connectivity index (χ1n) is 7.27. The van der Waals surface area contributed by atoms with Crippen LogP contribution >= 0.6 is 0 Å². The minimum absolute atomic E-state index is 0.968. The molecule has 0 aliphatic heterocycles. The highest BCUT2D eigenvalue weighted by atomic mass is 15.1. The maximum Gasteiger partial charge on any atom is 0.0429 e. The topological polar surface area (TPSA) is 6.48 Å². The van der Waals surface area contributed by atoms with Crippen LogP contribution in [0.1, 0.15) is 18.9 Å². The second-order valence-electron chi connectivity index (χ2n) is 5.32. The minimum atomic E-state index is 0.968. The van der Waals surface area contributed by atoms with E-state index in [1.807, 2.05) is 0 Å². The van der Waals surface area contributed by atoms with E-state index in [-0.39, 0.29) is 0 Å². The lowest BCUT2D eigenvalue weighted by Gasteiger charge is -2.25. The van der Waals surface area contributed by atoms with Gasteiger partial charge in [0.05, 0.1) is 0 Å². The maximum absolute atomic E-state index is 2.44. The van der Waals surface area contributed by atoms with Gasteiger partial charge in [0.25, 0.3) is 0 Å². The third kappa shape index (κ3) is 3.77. The Morgan fingerprint density at radius 2 is 1.40 bits per heavy atom. The normalized spacial score (nSPS) is 10.3. The lowest BCUT2D eigenvalue weighted by atomic mass is 10.2. The predicted molar refractivity (Wildman–Crippen MR) is 88.6 cm³/mol. The molecule has 106 valence electrons. The summed E-state index contributed by atoms with van der Waals surface area (Å²) in [6.45, 7) is 4.28. The zero-order valence-electron chi connectivity index (χ0n) is 12.7. The maximum atomic E-state index is 2.44. The van der Waals surface area contributed by atoms with Crippen molar-refractivity contribution in [3.05, 3.63) is 60.2 Å². The van der Waals surface area contributed by atoms with Crippen LogP contribution in [0.5, 0.6) is 0 Å². The van der Waals surface area contributed by atoms with Crippen molar-refractivity contribution in [3.8, 4) is 0 Å². The molecular weight excluding hydrogens is 244 g/mol. The first-order valence-corrected chi connectivity index (χ1v) is 7.27. The summed E-state index contributed by atoms with van der Waals surface area (Å²) in [6, 6.07) is 19.5. The van der Waals surface area contributed by atoms with Gasteiger partial charge in [0.1, 0.15) is 0 Å². The molecule has 2 heteroatoms. The van der Waals surface area contributed by atoms with Gasteiger partial charge in [-0.3, -0.25) is 0 Å². The van der Waals surface area contributed by atoms with Gasteiger partial charge in [-0.05, 0) is 36.2 Å². The molecule has 2 nitrogen and oxygen atoms in total. The summed E-state index contributed by atoms with van der Waals surface area (Å²) in [5, 5.41) is 0. The molecule has 2 aromatic rings. The molecule has 0 aromatic heterocycles. The van der Waals surface area contributed by atoms with Gasteiger partial charge in [-0.2, -0.15) is 0 Å². The average Bonchev–Trinajstić information content (AvgIpc) is 2.48. The molecule has 20 heavy (non-hydrogen) atoms. The summed E-state index contributed by atoms with van der Waals surface area (Å²) in [6.07, 6.45) is 1.16. The van der Waals surface area contributed by atoms with Crippen LogP contribution in [0.2, 0.25) is 0 Å². The molecule has 0 heterocycles. The highest BCUT2D eigenvalue weighted by molar-refractivity contribution is 5.56. The van der Waals surface area contributed by atoms with Gasteiger partial charge in [0.15, 0.2) is 0 Å². The Bertz CT molecular complexity index is 503. The number of hydrogen-bond acceptors (Lipinski definition) is 2. The Kier molecular flexibility index (Phi) is 5.05. The molecule has 0 atom stereocenters. The SMILES string of the molecule is CCCN(Cc1ccccc1)c1ccc(N(C)C)cc1. The van der Waals surface area contributed by atoms with E-state index in [0.29, 0.717) is 0 Å². The highest BCUT2D eigenvalue weighted by Crippen LogP contribution is 2.21. The number of rotatable bonds is 6. The Morgan fingerprint density at radius 1 is 0.800 bits per heavy atom. The third-order valence-electron chi connectivity index (χ3n) is 3.44. The molecule has 0 saturated heterocycles. The van der Waals surface area contributed by atoms with E-state index in [2.05, 4.69) is 85.4 Å². The molecule has 0 amide bonds. The summed E-state index contributed by atoms with van der Waals surface area (Å²) in [5.74, 6) is 0. The van der Waals surface area contributed by atoms with Crippen molar-refractivity contribution in [1.29, 1.82) is 0 Å². The van der Waals surface area contributed by atoms with Crippen LogP contribution in [0.4, 0.5) is 11.4 Å². The molecule has 0 aliphatic rings. The van der Waals surface area contributed by atoms with Crippen molar-refractivity contribution in [3.63, 3.8) is 0 Å². The summed E-state index contributed by atoms with van der Waals surface area (Å²) in [4.78, 5) is 4.57. The molecule has 0 bridgehead atoms. The summed E-state index contributed by atoms with van der Waals surface area (Å²) in [5.41, 5.74) is 3.89. The van der Waals surface area contributed by atoms with E-state index in [9.17, 15) is 0 Å². The lowest BCUT2D eigenvalue weighted by molar-refractivity contribution is 0.767. The van der Waals surface area contributed by atoms with E-state index >= 15 is 0 Å². The van der Waals surface area contributed by atoms with Crippen LogP contribution in [-0.2, 0) is 6.54 Å². The monoisotopic (exact) mass is 268 g/mol. The van der Waals surface area contributed by atoms with Gasteiger partial charge in [0, 0.05) is 38.6 Å². The third-order valence-corrected chi connectivity index (χ3v) is 3.44. The van der Waals surface area contributed by atoms with E-state index in [0.717, 1.165) is 19.5 Å². The summed E-state index contributed by atoms with van der Waals surface area (Å²) >= 11 is 0. The second-order valence-corrected chi connectivity index (χ2v) is 5.32. The predicted octanol–water partition coefficient (Wildman–Crippen LogP) is 4.17. The molecule has 0 unspecified atom stereocenters. The number of benzene rings is 2. The zero-order valence-corrected chi connectivity index (χ0v) is 12.7. The molecule has 0 radical (unpaired) electrons. The van der Waals surface area contributed by atoms with Crippen LogP contribution in [-0.4, -0.2) is 20.6 Å². The Hall–Kier alpha value is -1.96. The van der Waals surface area contributed by atoms with Gasteiger partial charge in [-0.1, -0.05) is 37.3 Å². The standard InChI is InChI=1S/C18H24N2/c1-4-14-20(15-16-8-6-5-7-9-16)18-12-10-17(11-13-18)19(2)3/h5-13H,4,14-15H2,1-3H3. The van der Waals surface area contributed by atoms with Crippen LogP contribution < -0.4 is 9.80 Å². The largest absolute Gasteiger partial charge is 0.378 e. The first kappa shape index (κ1) is 14.4. The van der Waals surface area contributed by atoms with Gasteiger partial charge < -0.3 is 9.80 Å². The zero-order chi connectivity index (χ0) is 14.4. The van der Waals surface area contributed by atoms with Crippen LogP contribution in [0, 0.1) is 0 Å². The van der Waals surface area contributed by atoms with Crippen molar-refractivity contribution in [2.24, 2.45) is 0 Å². The fourth-order valence-corrected chi connectivity index (χ4v) is 2.33. The van der Waals surface area contributed by atoms with Gasteiger partial charge >= 0.3 is 0 Å². The highest BCUT2D eigenvalue weighted by Gasteiger charge is 2.06. The molecule has 0 saturated carbocycles. The van der Waals surface area contributed by atoms with E-state index in [1.54, 1.807) is 0 Å². The van der Waals surface area contributed by atoms with Crippen LogP contribution in [0.3, 0.4) is 0 Å². The van der Waals surface area contributed by atoms with E-state index in [4.69, 9.17) is 0 Å². The Morgan fingerprint density at radius 3 is 1.95 bits per heavy atom. The van der Waals surface area contributed by atoms with Crippen molar-refractivity contribution in [2.75, 3.05) is 30.4 Å². The smallest absolute Gasteiger partial charge is 0.0429 e. The second kappa shape index (κ2) is 6.99. The van der Waals surface area contributed by atoms with Gasteiger partial charge in [-0.25, -0.2) is 0 Å². The first-order chi connectivity index (χ1) is 9.70. The Balaban J connectivity index is 2.15. The van der Waals surface area contributed by atoms with Crippen molar-refractivity contribution < 1.29 is 0 Å². The quantitative estimate of drug-likeness (QED) is 0.776. The number of anilines is 2. The van der Waals surface area contributed by atoms with E-state index in [1.165, 1.54) is 16.9 Å². The van der Waals surface area contributed by atoms with Crippen molar-refractivity contribution in [2.45, 2.75) is 19.9 Å². The molecule has 2 aromatic carbocycles. The Labute approximate surface area is 122 Å². The van der Waals surface area contributed by atoms with Gasteiger partial charge in [-0.15, -0.1) is 0 Å². The van der Waals surface area contributed by atoms with Crippen LogP contribution in [0.15, 0.2) is 54.6 Å². The number of nitrogens with zero attached hydrogens (tertiary/aromatic N) is 2. The van der Waals surface area contributed by atoms with Gasteiger partial charge in [0.2, 0.25) is 0 Å². The van der Waals surface area contributed by atoms with E-state index < -0.39 is 0 Å². The fourth-order valence-electron chi connectivity index (χ4n) is 2.33. The molecule has 0 spiro atoms. The molecule has 0 aliphatic carbocycles. The fraction of sp³-hybridized carbons (Fsp3) is 0.333. The minimum Gasteiger partial charge on any atom is -0.378 e. The lowest BCUT2D eigenvalue weighted by Crippen LogP contribution is -2.23. The van der Waals surface area contributed by atoms with Crippen molar-refractivity contribution >= 4 is 11.4 Å².